The second kappa shape index (κ2) is 11.0. The summed E-state index contributed by atoms with van der Waals surface area (Å²) in [5.74, 6) is 0. The molecule has 0 amide bonds. The normalized spacial score (nSPS) is 53.7. The van der Waals surface area contributed by atoms with Gasteiger partial charge in [-0.05, 0) is 0 Å². The fourth-order valence-electron chi connectivity index (χ4n) is 4.73. The third kappa shape index (κ3) is 5.32. The minimum Gasteiger partial charge on any atom is -0.394 e. The van der Waals surface area contributed by atoms with E-state index >= 15 is 0 Å². The van der Waals surface area contributed by atoms with Crippen molar-refractivity contribution in [3.8, 4) is 0 Å². The van der Waals surface area contributed by atoms with E-state index < -0.39 is 98.3 Å². The Hall–Kier alpha value is -0.600. The molecule has 1 aliphatic carbocycles. The zero-order valence-electron chi connectivity index (χ0n) is 18.6. The predicted octanol–water partition coefficient (Wildman–Crippen LogP) is -10.9. The molecule has 21 N–H and O–H groups in total. The molecule has 3 fully saturated rings. The first-order valence-electron chi connectivity index (χ1n) is 11.3. The summed E-state index contributed by atoms with van der Waals surface area (Å²) in [7, 11) is 0. The van der Waals surface area contributed by atoms with Crippen molar-refractivity contribution >= 4 is 0 Å². The van der Waals surface area contributed by atoms with Crippen LogP contribution in [0.5, 0.6) is 0 Å². The Labute approximate surface area is 190 Å². The second-order valence-corrected chi connectivity index (χ2v) is 9.30. The van der Waals surface area contributed by atoms with Crippen LogP contribution in [0.1, 0.15) is 6.42 Å². The highest BCUT2D eigenvalue weighted by atomic mass is 16.7. The Balaban J connectivity index is 1.72. The Bertz CT molecular complexity index is 585. The highest BCUT2D eigenvalue weighted by Gasteiger charge is 2.54. The molecule has 0 unspecified atom stereocenters. The Morgan fingerprint density at radius 1 is 0.667 bits per heavy atom. The van der Waals surface area contributed by atoms with E-state index in [0.717, 1.165) is 0 Å². The van der Waals surface area contributed by atoms with E-state index in [4.69, 9.17) is 18.9 Å². The maximum atomic E-state index is 11.1. The molecule has 2 saturated heterocycles. The first-order valence-corrected chi connectivity index (χ1v) is 11.3. The summed E-state index contributed by atoms with van der Waals surface area (Å²) >= 11 is 0. The van der Waals surface area contributed by atoms with Crippen molar-refractivity contribution in [1.29, 1.82) is 0 Å². The zero-order chi connectivity index (χ0) is 24.6. The minimum atomic E-state index is -1.31. The van der Waals surface area contributed by atoms with E-state index in [1.807, 2.05) is 0 Å². The first kappa shape index (κ1) is 27.0. The number of rotatable bonds is 6. The average molecular weight is 489 g/mol. The van der Waals surface area contributed by atoms with E-state index in [-0.39, 0.29) is 6.54 Å². The number of hydrogen-bond acceptors (Lipinski definition) is 10. The van der Waals surface area contributed by atoms with Crippen LogP contribution in [0, 0.1) is 0 Å². The maximum Gasteiger partial charge on any atom is 0.214 e. The van der Waals surface area contributed by atoms with E-state index in [0.29, 0.717) is 6.42 Å². The third-order valence-corrected chi connectivity index (χ3v) is 6.93. The molecule has 15 nitrogen and oxygen atoms in total. The molecule has 3 aliphatic rings. The van der Waals surface area contributed by atoms with Crippen LogP contribution in [0.4, 0.5) is 0 Å². The summed E-state index contributed by atoms with van der Waals surface area (Å²) in [5.41, 5.74) is 19.3. The van der Waals surface area contributed by atoms with Gasteiger partial charge in [0.2, 0.25) is 6.29 Å². The molecule has 194 valence electrons. The first-order chi connectivity index (χ1) is 15.5. The Kier molecular flexibility index (Phi) is 8.99. The molecule has 1 saturated carbocycles. The zero-order valence-corrected chi connectivity index (χ0v) is 18.6. The molecule has 0 aromatic rings. The highest BCUT2D eigenvalue weighted by molar-refractivity contribution is 4.97. The topological polar surface area (TPSA) is 297 Å². The SMILES string of the molecule is [NH3+]C[C@H]1O[C@H](O[C@H]2[C@H](O)[C@@H](O[C@H]3O[C@H](CO)[C@@H](O)[C@H]([NH3+])[C@H]3O)[C@H]([NH3+])C[C@@H]2[NH3+])[C@H]([NH3+])[C@@H](O)[C@@H]1O. The van der Waals surface area contributed by atoms with Crippen LogP contribution in [0.2, 0.25) is 0 Å². The lowest BCUT2D eigenvalue weighted by atomic mass is 9.84. The van der Waals surface area contributed by atoms with Crippen LogP contribution >= 0.6 is 0 Å². The number of quaternary nitrogens is 5. The fourth-order valence-corrected chi connectivity index (χ4v) is 4.73. The number of hydrogen-bond donors (Lipinski definition) is 11. The lowest BCUT2D eigenvalue weighted by Gasteiger charge is -2.45. The van der Waals surface area contributed by atoms with Gasteiger partial charge in [0.1, 0.15) is 73.5 Å². The van der Waals surface area contributed by atoms with Crippen molar-refractivity contribution < 1.29 is 78.3 Å². The van der Waals surface area contributed by atoms with Gasteiger partial charge in [0.15, 0.2) is 18.4 Å². The van der Waals surface area contributed by atoms with Crippen LogP contribution < -0.4 is 28.7 Å². The molecule has 0 aromatic heterocycles. The van der Waals surface area contributed by atoms with Gasteiger partial charge in [0.25, 0.3) is 0 Å². The van der Waals surface area contributed by atoms with Crippen molar-refractivity contribution in [3.05, 3.63) is 0 Å². The van der Waals surface area contributed by atoms with Crippen molar-refractivity contribution in [2.45, 2.75) is 98.1 Å². The van der Waals surface area contributed by atoms with Crippen molar-refractivity contribution in [1.82, 2.24) is 0 Å². The monoisotopic (exact) mass is 488 g/mol. The van der Waals surface area contributed by atoms with Gasteiger partial charge in [-0.3, -0.25) is 0 Å². The fraction of sp³-hybridized carbons (Fsp3) is 1.00. The summed E-state index contributed by atoms with van der Waals surface area (Å²) in [6, 6.07) is -2.57. The molecule has 3 rings (SSSR count). The largest absolute Gasteiger partial charge is 0.394 e. The van der Waals surface area contributed by atoms with Crippen LogP contribution in [0.3, 0.4) is 0 Å². The Morgan fingerprint density at radius 2 is 1.21 bits per heavy atom. The van der Waals surface area contributed by atoms with Crippen molar-refractivity contribution in [2.24, 2.45) is 0 Å². The molecule has 0 spiro atoms. The molecule has 0 aromatic carbocycles. The molecule has 15 heteroatoms. The van der Waals surface area contributed by atoms with Crippen LogP contribution in [-0.4, -0.2) is 135 Å². The minimum absolute atomic E-state index is 0.194. The van der Waals surface area contributed by atoms with Gasteiger partial charge in [0, 0.05) is 0 Å². The van der Waals surface area contributed by atoms with Gasteiger partial charge < -0.3 is 78.3 Å². The molecular formula is C18H42N5O10+5. The molecular weight excluding hydrogens is 446 g/mol. The van der Waals surface area contributed by atoms with Gasteiger partial charge in [-0.15, -0.1) is 0 Å². The van der Waals surface area contributed by atoms with Crippen molar-refractivity contribution in [2.75, 3.05) is 13.2 Å². The second-order valence-electron chi connectivity index (χ2n) is 9.30. The van der Waals surface area contributed by atoms with E-state index in [1.165, 1.54) is 0 Å². The predicted molar refractivity (Wildman–Crippen MR) is 103 cm³/mol. The molecule has 0 bridgehead atoms. The summed E-state index contributed by atoms with van der Waals surface area (Å²) < 4.78 is 23.1. The quantitative estimate of drug-likeness (QED) is 0.168. The smallest absolute Gasteiger partial charge is 0.214 e. The van der Waals surface area contributed by atoms with Crippen LogP contribution in [0.15, 0.2) is 0 Å². The van der Waals surface area contributed by atoms with Crippen LogP contribution in [0.25, 0.3) is 0 Å². The lowest BCUT2D eigenvalue weighted by molar-refractivity contribution is -0.539. The maximum absolute atomic E-state index is 11.1. The lowest BCUT2D eigenvalue weighted by Crippen LogP contribution is -2.84. The third-order valence-electron chi connectivity index (χ3n) is 6.93. The summed E-state index contributed by atoms with van der Waals surface area (Å²) in [6.07, 6.45) is -11.6. The number of aliphatic hydroxyl groups excluding tert-OH is 6. The standard InChI is InChI=1S/C18H37N5O10/c19-2-6-11(26)12(27)9(23)17(30-6)32-15-4(20)1-5(21)16(14(15)29)33-18-13(28)8(22)10(25)7(3-24)31-18/h4-18,24-29H,1-3,19-23H2/p+5/t4-,5+,6+,7+,8-,9+,10+,11+,12+,13+,14-,15+,16-,17+,18+/m0/s1. The van der Waals surface area contributed by atoms with Crippen molar-refractivity contribution in [3.63, 3.8) is 0 Å². The van der Waals surface area contributed by atoms with Gasteiger partial charge in [-0.25, -0.2) is 0 Å². The highest BCUT2D eigenvalue weighted by Crippen LogP contribution is 2.29. The molecule has 33 heavy (non-hydrogen) atoms. The number of ether oxygens (including phenoxy) is 4. The van der Waals surface area contributed by atoms with Gasteiger partial charge in [0.05, 0.1) is 13.0 Å². The Morgan fingerprint density at radius 3 is 1.76 bits per heavy atom. The molecule has 0 radical (unpaired) electrons. The van der Waals surface area contributed by atoms with E-state index in [9.17, 15) is 30.6 Å². The molecule has 2 aliphatic heterocycles. The van der Waals surface area contributed by atoms with Gasteiger partial charge in [-0.1, -0.05) is 0 Å². The van der Waals surface area contributed by atoms with Crippen LogP contribution in [-0.2, 0) is 18.9 Å². The van der Waals surface area contributed by atoms with Gasteiger partial charge in [-0.2, -0.15) is 0 Å². The molecule has 15 atom stereocenters. The summed E-state index contributed by atoms with van der Waals surface area (Å²) in [5, 5.41) is 61.5. The summed E-state index contributed by atoms with van der Waals surface area (Å²) in [4.78, 5) is 0. The van der Waals surface area contributed by atoms with E-state index in [1.54, 1.807) is 0 Å². The average Bonchev–Trinajstić information content (AvgIpc) is 2.79. The van der Waals surface area contributed by atoms with Gasteiger partial charge >= 0.3 is 0 Å². The number of aliphatic hydroxyl groups is 6. The van der Waals surface area contributed by atoms with E-state index in [2.05, 4.69) is 28.7 Å². The molecule has 2 heterocycles. The summed E-state index contributed by atoms with van der Waals surface area (Å²) in [6.45, 7) is -0.307.